The average Bonchev–Trinajstić information content (AvgIpc) is 2.99. The lowest BCUT2D eigenvalue weighted by Gasteiger charge is -2.33. The van der Waals surface area contributed by atoms with E-state index in [1.54, 1.807) is 30.5 Å². The monoisotopic (exact) mass is 615 g/mol. The summed E-state index contributed by atoms with van der Waals surface area (Å²) in [6.45, 7) is -1.48. The fourth-order valence-electron chi connectivity index (χ4n) is 4.23. The second-order valence-electron chi connectivity index (χ2n) is 9.36. The number of alkyl halides is 3. The van der Waals surface area contributed by atoms with Crippen molar-refractivity contribution in [3.63, 3.8) is 0 Å². The van der Waals surface area contributed by atoms with E-state index >= 15 is 4.39 Å². The van der Waals surface area contributed by atoms with Gasteiger partial charge in [0.25, 0.3) is 0 Å². The SMILES string of the molecule is NN=NC=NCC(Cc1ccc(-c2ccc(OCC(F)(F)F)cc2)cn1)(OPCc1ccccc1)c1ccc(F)cc1F. The second-order valence-corrected chi connectivity index (χ2v) is 10.2. The zero-order valence-corrected chi connectivity index (χ0v) is 23.6. The van der Waals surface area contributed by atoms with E-state index in [1.165, 1.54) is 18.2 Å². The van der Waals surface area contributed by atoms with Gasteiger partial charge in [0.15, 0.2) is 6.61 Å². The number of rotatable bonds is 13. The molecule has 2 unspecified atom stereocenters. The highest BCUT2D eigenvalue weighted by Gasteiger charge is 2.37. The predicted molar refractivity (Wildman–Crippen MR) is 155 cm³/mol. The molecule has 0 amide bonds. The number of halogens is 5. The van der Waals surface area contributed by atoms with Crippen LogP contribution < -0.4 is 10.6 Å². The number of hydrogen-bond donors (Lipinski definition) is 1. The quantitative estimate of drug-likeness (QED) is 0.0319. The van der Waals surface area contributed by atoms with E-state index < -0.39 is 30.0 Å². The highest BCUT2D eigenvalue weighted by Crippen LogP contribution is 2.39. The van der Waals surface area contributed by atoms with Gasteiger partial charge in [-0.15, -0.1) is 5.11 Å². The first kappa shape index (κ1) is 31.7. The number of nitrogens with two attached hydrogens (primary N) is 1. The molecule has 43 heavy (non-hydrogen) atoms. The maximum atomic E-state index is 15.3. The lowest BCUT2D eigenvalue weighted by Crippen LogP contribution is -2.35. The first-order valence-electron chi connectivity index (χ1n) is 12.9. The van der Waals surface area contributed by atoms with Crippen molar-refractivity contribution in [2.45, 2.75) is 24.4 Å². The van der Waals surface area contributed by atoms with E-state index in [1.807, 2.05) is 30.3 Å². The van der Waals surface area contributed by atoms with Gasteiger partial charge in [-0.1, -0.05) is 59.8 Å². The average molecular weight is 616 g/mol. The Balaban J connectivity index is 1.61. The molecule has 0 spiro atoms. The van der Waals surface area contributed by atoms with Crippen LogP contribution in [-0.4, -0.2) is 30.7 Å². The molecule has 4 rings (SSSR count). The summed E-state index contributed by atoms with van der Waals surface area (Å²) in [6.07, 6.45) is -1.11. The van der Waals surface area contributed by atoms with Crippen LogP contribution in [0.3, 0.4) is 0 Å². The molecule has 0 aliphatic carbocycles. The molecule has 0 aliphatic rings. The number of ether oxygens (including phenoxy) is 1. The fraction of sp³-hybridized carbons (Fsp3) is 0.200. The first-order chi connectivity index (χ1) is 20.7. The Morgan fingerprint density at radius 1 is 0.907 bits per heavy atom. The van der Waals surface area contributed by atoms with Crippen molar-refractivity contribution in [2.75, 3.05) is 13.2 Å². The van der Waals surface area contributed by atoms with Gasteiger partial charge in [0.05, 0.1) is 6.54 Å². The summed E-state index contributed by atoms with van der Waals surface area (Å²) >= 11 is 0. The Hall–Kier alpha value is -4.28. The normalized spacial score (nSPS) is 13.7. The van der Waals surface area contributed by atoms with Crippen LogP contribution in [0.25, 0.3) is 11.1 Å². The Morgan fingerprint density at radius 3 is 2.30 bits per heavy atom. The highest BCUT2D eigenvalue weighted by atomic mass is 31.1. The Labute approximate surface area is 246 Å². The third-order valence-corrected chi connectivity index (χ3v) is 7.32. The van der Waals surface area contributed by atoms with Gasteiger partial charge in [-0.2, -0.15) is 13.2 Å². The van der Waals surface area contributed by atoms with Gasteiger partial charge in [0.2, 0.25) is 0 Å². The summed E-state index contributed by atoms with van der Waals surface area (Å²) in [5.41, 5.74) is 1.64. The number of hydrogen-bond acceptors (Lipinski definition) is 5. The van der Waals surface area contributed by atoms with Crippen LogP contribution in [0.1, 0.15) is 16.8 Å². The van der Waals surface area contributed by atoms with Crippen molar-refractivity contribution in [1.82, 2.24) is 4.98 Å². The van der Waals surface area contributed by atoms with Crippen molar-refractivity contribution in [3.8, 4) is 16.9 Å². The van der Waals surface area contributed by atoms with Crippen LogP contribution in [0.15, 0.2) is 106 Å². The van der Waals surface area contributed by atoms with E-state index in [2.05, 4.69) is 20.3 Å². The van der Waals surface area contributed by atoms with Gasteiger partial charge in [0, 0.05) is 50.5 Å². The van der Waals surface area contributed by atoms with Gasteiger partial charge in [-0.3, -0.25) is 9.98 Å². The zero-order valence-electron chi connectivity index (χ0n) is 22.6. The molecule has 0 aliphatic heterocycles. The molecule has 2 atom stereocenters. The second kappa shape index (κ2) is 14.8. The lowest BCUT2D eigenvalue weighted by molar-refractivity contribution is -0.153. The maximum Gasteiger partial charge on any atom is 0.422 e. The molecule has 0 fully saturated rings. The number of pyridine rings is 1. The Kier molecular flexibility index (Phi) is 10.9. The minimum atomic E-state index is -4.43. The topological polar surface area (TPSA) is 94.5 Å². The smallest absolute Gasteiger partial charge is 0.422 e. The molecule has 0 saturated heterocycles. The van der Waals surface area contributed by atoms with Crippen LogP contribution in [0, 0.1) is 11.6 Å². The van der Waals surface area contributed by atoms with E-state index in [0.29, 0.717) is 23.0 Å². The summed E-state index contributed by atoms with van der Waals surface area (Å²) in [7, 11) is -0.109. The van der Waals surface area contributed by atoms with Crippen LogP contribution in [0.2, 0.25) is 0 Å². The lowest BCUT2D eigenvalue weighted by atomic mass is 9.88. The molecular formula is C30H27F5N5O2P. The largest absolute Gasteiger partial charge is 0.484 e. The Morgan fingerprint density at radius 2 is 1.65 bits per heavy atom. The van der Waals surface area contributed by atoms with Crippen molar-refractivity contribution in [3.05, 3.63) is 120 Å². The highest BCUT2D eigenvalue weighted by molar-refractivity contribution is 7.31. The number of benzene rings is 3. The third kappa shape index (κ3) is 9.36. The van der Waals surface area contributed by atoms with Crippen LogP contribution in [0.4, 0.5) is 22.0 Å². The van der Waals surface area contributed by atoms with Gasteiger partial charge >= 0.3 is 6.18 Å². The molecule has 224 valence electrons. The third-order valence-electron chi connectivity index (χ3n) is 6.24. The molecule has 0 saturated carbocycles. The molecule has 4 aromatic rings. The van der Waals surface area contributed by atoms with Crippen LogP contribution in [-0.2, 0) is 22.7 Å². The molecule has 7 nitrogen and oxygen atoms in total. The molecule has 1 aromatic heterocycles. The first-order valence-corrected chi connectivity index (χ1v) is 14.0. The molecule has 2 N–H and O–H groups in total. The van der Waals surface area contributed by atoms with E-state index in [4.69, 9.17) is 15.1 Å². The predicted octanol–water partition coefficient (Wildman–Crippen LogP) is 7.57. The maximum absolute atomic E-state index is 15.3. The minimum absolute atomic E-state index is 0.0684. The van der Waals surface area contributed by atoms with Gasteiger partial charge in [-0.05, 0) is 35.4 Å². The van der Waals surface area contributed by atoms with Crippen LogP contribution in [0.5, 0.6) is 5.75 Å². The van der Waals surface area contributed by atoms with Crippen molar-refractivity contribution >= 4 is 15.1 Å². The molecule has 0 bridgehead atoms. The van der Waals surface area contributed by atoms with Crippen molar-refractivity contribution in [1.29, 1.82) is 0 Å². The van der Waals surface area contributed by atoms with E-state index in [0.717, 1.165) is 24.0 Å². The summed E-state index contributed by atoms with van der Waals surface area (Å²) in [4.78, 5) is 8.79. The van der Waals surface area contributed by atoms with Crippen molar-refractivity contribution in [2.24, 2.45) is 21.2 Å². The van der Waals surface area contributed by atoms with E-state index in [-0.39, 0.29) is 33.1 Å². The van der Waals surface area contributed by atoms with Gasteiger partial charge in [0.1, 0.15) is 29.3 Å². The number of aliphatic imine (C=N–C) groups is 1. The number of nitrogens with zero attached hydrogens (tertiary/aromatic N) is 4. The fourth-order valence-corrected chi connectivity index (χ4v) is 5.23. The van der Waals surface area contributed by atoms with Crippen molar-refractivity contribution < 1.29 is 31.2 Å². The van der Waals surface area contributed by atoms with Gasteiger partial charge < -0.3 is 15.1 Å². The summed E-state index contributed by atoms with van der Waals surface area (Å²) < 4.78 is 77.7. The molecule has 3 aromatic carbocycles. The Bertz CT molecular complexity index is 1520. The zero-order chi connectivity index (χ0) is 30.7. The summed E-state index contributed by atoms with van der Waals surface area (Å²) in [6, 6.07) is 22.5. The van der Waals surface area contributed by atoms with Crippen LogP contribution >= 0.6 is 8.81 Å². The molecule has 1 heterocycles. The molecule has 0 radical (unpaired) electrons. The number of aromatic nitrogens is 1. The summed E-state index contributed by atoms with van der Waals surface area (Å²) in [5, 5.41) is 6.69. The standard InChI is InChI=1S/C30H27F5N5O2P/c31-24-9-13-27(28(32)14-24)29(18-37-20-39-40-36,42-43-17-21-4-2-1-3-5-21)15-25-10-6-23(16-38-25)22-7-11-26(12-8-22)41-19-30(33,34)35/h1-14,16,20,43H,15,17-19H2,(H2,36,37,39). The van der Waals surface area contributed by atoms with E-state index in [9.17, 15) is 17.6 Å². The summed E-state index contributed by atoms with van der Waals surface area (Å²) in [5.74, 6) is 3.62. The molecule has 13 heteroatoms. The minimum Gasteiger partial charge on any atom is -0.484 e. The van der Waals surface area contributed by atoms with Gasteiger partial charge in [-0.25, -0.2) is 8.78 Å². The molecular weight excluding hydrogens is 588 g/mol.